The highest BCUT2D eigenvalue weighted by molar-refractivity contribution is 7.86. The van der Waals surface area contributed by atoms with Crippen molar-refractivity contribution in [2.45, 2.75) is 46.6 Å². The SMILES string of the molecule is CCC(CC)N(CCN)S(=O)(=O)N(CC)CC. The second-order valence-corrected chi connectivity index (χ2v) is 5.84. The second-order valence-electron chi connectivity index (χ2n) is 3.96. The van der Waals surface area contributed by atoms with E-state index in [2.05, 4.69) is 0 Å². The van der Waals surface area contributed by atoms with Crippen molar-refractivity contribution in [3.05, 3.63) is 0 Å². The molecule has 2 N–H and O–H groups in total. The van der Waals surface area contributed by atoms with Crippen LogP contribution in [-0.2, 0) is 10.2 Å². The maximum Gasteiger partial charge on any atom is 0.282 e. The summed E-state index contributed by atoms with van der Waals surface area (Å²) in [5, 5.41) is 0. The summed E-state index contributed by atoms with van der Waals surface area (Å²) in [5.41, 5.74) is 5.53. The lowest BCUT2D eigenvalue weighted by atomic mass is 10.2. The maximum absolute atomic E-state index is 12.4. The van der Waals surface area contributed by atoms with Crippen LogP contribution in [0.5, 0.6) is 0 Å². The molecular weight excluding hydrogens is 238 g/mol. The van der Waals surface area contributed by atoms with Crippen LogP contribution >= 0.6 is 0 Å². The summed E-state index contributed by atoms with van der Waals surface area (Å²) in [7, 11) is -3.36. The zero-order valence-corrected chi connectivity index (χ0v) is 12.3. The van der Waals surface area contributed by atoms with Crippen LogP contribution in [0.2, 0.25) is 0 Å². The van der Waals surface area contributed by atoms with Crippen molar-refractivity contribution >= 4 is 10.2 Å². The van der Waals surface area contributed by atoms with Gasteiger partial charge >= 0.3 is 0 Å². The molecule has 0 aliphatic heterocycles. The summed E-state index contributed by atoms with van der Waals surface area (Å²) in [6, 6.07) is 0.0455. The van der Waals surface area contributed by atoms with Gasteiger partial charge in [0.05, 0.1) is 0 Å². The minimum Gasteiger partial charge on any atom is -0.329 e. The summed E-state index contributed by atoms with van der Waals surface area (Å²) in [4.78, 5) is 0. The van der Waals surface area contributed by atoms with E-state index in [1.54, 1.807) is 4.31 Å². The van der Waals surface area contributed by atoms with Crippen LogP contribution in [0, 0.1) is 0 Å². The number of nitrogens with two attached hydrogens (primary N) is 1. The fourth-order valence-corrected chi connectivity index (χ4v) is 3.97. The predicted molar refractivity (Wildman–Crippen MR) is 72.0 cm³/mol. The highest BCUT2D eigenvalue weighted by Crippen LogP contribution is 2.16. The first-order valence-corrected chi connectivity index (χ1v) is 7.86. The van der Waals surface area contributed by atoms with Crippen molar-refractivity contribution in [2.75, 3.05) is 26.2 Å². The second kappa shape index (κ2) is 8.02. The average molecular weight is 265 g/mol. The Kier molecular flexibility index (Phi) is 7.94. The van der Waals surface area contributed by atoms with E-state index in [1.807, 2.05) is 27.7 Å². The van der Waals surface area contributed by atoms with Crippen molar-refractivity contribution in [3.63, 3.8) is 0 Å². The molecule has 0 spiro atoms. The lowest BCUT2D eigenvalue weighted by Gasteiger charge is -2.33. The van der Waals surface area contributed by atoms with Crippen LogP contribution in [0.25, 0.3) is 0 Å². The van der Waals surface area contributed by atoms with Gasteiger partial charge in [-0.25, -0.2) is 0 Å². The minimum atomic E-state index is -3.36. The lowest BCUT2D eigenvalue weighted by Crippen LogP contribution is -2.50. The van der Waals surface area contributed by atoms with Gasteiger partial charge < -0.3 is 5.73 Å². The predicted octanol–water partition coefficient (Wildman–Crippen LogP) is 1.02. The van der Waals surface area contributed by atoms with Gasteiger partial charge in [0.1, 0.15) is 0 Å². The lowest BCUT2D eigenvalue weighted by molar-refractivity contribution is 0.279. The van der Waals surface area contributed by atoms with Crippen LogP contribution in [0.15, 0.2) is 0 Å². The van der Waals surface area contributed by atoms with Crippen molar-refractivity contribution in [1.29, 1.82) is 0 Å². The Bertz CT molecular complexity index is 285. The van der Waals surface area contributed by atoms with Gasteiger partial charge in [-0.05, 0) is 12.8 Å². The van der Waals surface area contributed by atoms with E-state index in [0.29, 0.717) is 26.2 Å². The van der Waals surface area contributed by atoms with Crippen molar-refractivity contribution in [2.24, 2.45) is 5.73 Å². The van der Waals surface area contributed by atoms with E-state index < -0.39 is 10.2 Å². The van der Waals surface area contributed by atoms with Gasteiger partial charge in [-0.2, -0.15) is 17.0 Å². The van der Waals surface area contributed by atoms with Gasteiger partial charge in [0.15, 0.2) is 0 Å². The monoisotopic (exact) mass is 265 g/mol. The topological polar surface area (TPSA) is 66.6 Å². The third kappa shape index (κ3) is 4.21. The Morgan fingerprint density at radius 1 is 1.06 bits per heavy atom. The zero-order valence-electron chi connectivity index (χ0n) is 11.5. The van der Waals surface area contributed by atoms with Gasteiger partial charge in [-0.1, -0.05) is 27.7 Å². The van der Waals surface area contributed by atoms with E-state index in [1.165, 1.54) is 4.31 Å². The van der Waals surface area contributed by atoms with Crippen molar-refractivity contribution in [3.8, 4) is 0 Å². The third-order valence-electron chi connectivity index (χ3n) is 3.03. The van der Waals surface area contributed by atoms with Gasteiger partial charge in [0, 0.05) is 32.2 Å². The summed E-state index contributed by atoms with van der Waals surface area (Å²) >= 11 is 0. The van der Waals surface area contributed by atoms with Crippen LogP contribution in [0.3, 0.4) is 0 Å². The van der Waals surface area contributed by atoms with Gasteiger partial charge in [-0.3, -0.25) is 0 Å². The number of hydrogen-bond donors (Lipinski definition) is 1. The molecule has 0 atom stereocenters. The highest BCUT2D eigenvalue weighted by atomic mass is 32.2. The molecule has 0 heterocycles. The van der Waals surface area contributed by atoms with Crippen LogP contribution in [-0.4, -0.2) is 49.2 Å². The van der Waals surface area contributed by atoms with Gasteiger partial charge in [-0.15, -0.1) is 0 Å². The smallest absolute Gasteiger partial charge is 0.282 e. The standard InChI is InChI=1S/C11H27N3O2S/c1-5-11(6-2)14(10-9-12)17(15,16)13(7-3)8-4/h11H,5-10,12H2,1-4H3. The zero-order chi connectivity index (χ0) is 13.5. The number of rotatable bonds is 9. The molecule has 6 heteroatoms. The fraction of sp³-hybridized carbons (Fsp3) is 1.00. The molecule has 0 amide bonds. The first kappa shape index (κ1) is 16.8. The Morgan fingerprint density at radius 2 is 1.53 bits per heavy atom. The van der Waals surface area contributed by atoms with Crippen molar-refractivity contribution in [1.82, 2.24) is 8.61 Å². The Labute approximate surface area is 106 Å². The Hall–Kier alpha value is -0.170. The molecule has 0 saturated carbocycles. The quantitative estimate of drug-likeness (QED) is 0.677. The van der Waals surface area contributed by atoms with Crippen LogP contribution < -0.4 is 5.73 Å². The third-order valence-corrected chi connectivity index (χ3v) is 5.27. The molecule has 0 bridgehead atoms. The van der Waals surface area contributed by atoms with Gasteiger partial charge in [0.2, 0.25) is 0 Å². The normalized spacial score (nSPS) is 12.9. The molecule has 0 aromatic heterocycles. The molecule has 0 fully saturated rings. The summed E-state index contributed by atoms with van der Waals surface area (Å²) in [6.45, 7) is 9.48. The van der Waals surface area contributed by atoms with Crippen LogP contribution in [0.1, 0.15) is 40.5 Å². The molecule has 0 saturated heterocycles. The van der Waals surface area contributed by atoms with Gasteiger partial charge in [0.25, 0.3) is 10.2 Å². The first-order valence-electron chi connectivity index (χ1n) is 6.46. The van der Waals surface area contributed by atoms with E-state index in [9.17, 15) is 8.42 Å². The molecule has 0 rings (SSSR count). The Morgan fingerprint density at radius 3 is 1.82 bits per heavy atom. The number of hydrogen-bond acceptors (Lipinski definition) is 3. The largest absolute Gasteiger partial charge is 0.329 e. The average Bonchev–Trinajstić information content (AvgIpc) is 2.30. The Balaban J connectivity index is 5.15. The van der Waals surface area contributed by atoms with E-state index in [-0.39, 0.29) is 6.04 Å². The maximum atomic E-state index is 12.4. The molecule has 104 valence electrons. The van der Waals surface area contributed by atoms with Crippen molar-refractivity contribution < 1.29 is 8.42 Å². The van der Waals surface area contributed by atoms with E-state index in [4.69, 9.17) is 5.73 Å². The molecule has 17 heavy (non-hydrogen) atoms. The highest BCUT2D eigenvalue weighted by Gasteiger charge is 2.31. The molecule has 0 aromatic carbocycles. The first-order chi connectivity index (χ1) is 7.99. The molecule has 5 nitrogen and oxygen atoms in total. The summed E-state index contributed by atoms with van der Waals surface area (Å²) < 4.78 is 27.9. The van der Waals surface area contributed by atoms with E-state index in [0.717, 1.165) is 12.8 Å². The summed E-state index contributed by atoms with van der Waals surface area (Å²) in [5.74, 6) is 0. The minimum absolute atomic E-state index is 0.0455. The molecule has 0 radical (unpaired) electrons. The molecule has 0 unspecified atom stereocenters. The fourth-order valence-electron chi connectivity index (χ4n) is 2.01. The molecule has 0 aliphatic rings. The van der Waals surface area contributed by atoms with E-state index >= 15 is 0 Å². The summed E-state index contributed by atoms with van der Waals surface area (Å²) in [6.07, 6.45) is 1.63. The molecular formula is C11H27N3O2S. The number of nitrogens with zero attached hydrogens (tertiary/aromatic N) is 2. The van der Waals surface area contributed by atoms with Crippen LogP contribution in [0.4, 0.5) is 0 Å². The molecule has 0 aromatic rings. The molecule has 0 aliphatic carbocycles.